The quantitative estimate of drug-likeness (QED) is 0.651. The Balaban J connectivity index is 1.11. The number of benzene rings is 2. The summed E-state index contributed by atoms with van der Waals surface area (Å²) in [5.74, 6) is 0.0294. The predicted octanol–water partition coefficient (Wildman–Crippen LogP) is 3.39. The summed E-state index contributed by atoms with van der Waals surface area (Å²) in [5.41, 5.74) is 4.12. The number of allylic oxidation sites excluding steroid dienone is 2. The van der Waals surface area contributed by atoms with Crippen molar-refractivity contribution in [2.75, 3.05) is 38.3 Å². The van der Waals surface area contributed by atoms with Crippen LogP contribution in [0.25, 0.3) is 0 Å². The van der Waals surface area contributed by atoms with E-state index in [1.54, 1.807) is 42.5 Å². The van der Waals surface area contributed by atoms with Gasteiger partial charge in [0.1, 0.15) is 6.73 Å². The van der Waals surface area contributed by atoms with Gasteiger partial charge >= 0.3 is 0 Å². The highest BCUT2D eigenvalue weighted by molar-refractivity contribution is 6.09. The van der Waals surface area contributed by atoms with Crippen molar-refractivity contribution < 1.29 is 19.1 Å². The second-order valence-corrected chi connectivity index (χ2v) is 9.24. The molecule has 0 atom stereocenters. The van der Waals surface area contributed by atoms with Gasteiger partial charge in [-0.05, 0) is 54.8 Å². The Hall–Kier alpha value is -3.55. The Morgan fingerprint density at radius 2 is 1.66 bits per heavy atom. The lowest BCUT2D eigenvalue weighted by molar-refractivity contribution is -0.117. The van der Waals surface area contributed by atoms with Crippen LogP contribution in [0.5, 0.6) is 0 Å². The van der Waals surface area contributed by atoms with Crippen molar-refractivity contribution in [2.24, 2.45) is 0 Å². The van der Waals surface area contributed by atoms with E-state index < -0.39 is 0 Å². The number of ketones is 2. The van der Waals surface area contributed by atoms with Gasteiger partial charge in [0.15, 0.2) is 11.6 Å². The smallest absolute Gasteiger partial charge is 0.238 e. The van der Waals surface area contributed by atoms with E-state index in [2.05, 4.69) is 15.1 Å². The maximum absolute atomic E-state index is 12.6. The number of amides is 1. The van der Waals surface area contributed by atoms with E-state index in [-0.39, 0.29) is 17.5 Å². The lowest BCUT2D eigenvalue weighted by Crippen LogP contribution is -2.48. The number of anilines is 1. The van der Waals surface area contributed by atoms with Crippen molar-refractivity contribution in [3.63, 3.8) is 0 Å². The molecule has 35 heavy (non-hydrogen) atoms. The molecule has 1 aliphatic carbocycles. The standard InChI is InChI=1S/C28H29N3O4/c32-25-10-11-26-22(16-25)18-35-19-31(26)24-12-14-30(15-13-24)17-27(33)29-23-8-6-21(7-9-23)28(34)20-4-2-1-3-5-20/h1-11,24H,12-19H2,(H,29,33). The van der Waals surface area contributed by atoms with Crippen molar-refractivity contribution in [1.82, 2.24) is 9.80 Å². The molecule has 2 aromatic rings. The lowest BCUT2D eigenvalue weighted by atomic mass is 9.96. The first-order chi connectivity index (χ1) is 17.1. The highest BCUT2D eigenvalue weighted by Crippen LogP contribution is 2.29. The number of hydrogen-bond donors (Lipinski definition) is 1. The molecule has 2 aromatic carbocycles. The molecule has 7 heteroatoms. The zero-order chi connectivity index (χ0) is 24.2. The molecule has 3 aliphatic rings. The largest absolute Gasteiger partial charge is 0.357 e. The Morgan fingerprint density at radius 3 is 2.40 bits per heavy atom. The third-order valence-corrected chi connectivity index (χ3v) is 6.82. The summed E-state index contributed by atoms with van der Waals surface area (Å²) in [6.07, 6.45) is 5.92. The Labute approximate surface area is 205 Å². The Kier molecular flexibility index (Phi) is 6.88. The zero-order valence-corrected chi connectivity index (χ0v) is 19.6. The van der Waals surface area contributed by atoms with Gasteiger partial charge in [-0.1, -0.05) is 30.3 Å². The van der Waals surface area contributed by atoms with E-state index in [0.717, 1.165) is 37.2 Å². The highest BCUT2D eigenvalue weighted by Gasteiger charge is 2.31. The summed E-state index contributed by atoms with van der Waals surface area (Å²) in [6.45, 7) is 3.05. The zero-order valence-electron chi connectivity index (χ0n) is 19.6. The molecule has 1 N–H and O–H groups in total. The van der Waals surface area contributed by atoms with E-state index in [4.69, 9.17) is 4.74 Å². The third-order valence-electron chi connectivity index (χ3n) is 6.82. The number of carbonyl (C=O) groups excluding carboxylic acids is 3. The summed E-state index contributed by atoms with van der Waals surface area (Å²) in [4.78, 5) is 41.3. The maximum atomic E-state index is 12.6. The van der Waals surface area contributed by atoms with Crippen LogP contribution in [0.1, 0.15) is 35.2 Å². The van der Waals surface area contributed by atoms with Crippen LogP contribution in [0.15, 0.2) is 78.0 Å². The molecule has 0 saturated carbocycles. The predicted molar refractivity (Wildman–Crippen MR) is 133 cm³/mol. The molecular formula is C28H29N3O4. The molecule has 7 nitrogen and oxygen atoms in total. The Morgan fingerprint density at radius 1 is 0.943 bits per heavy atom. The van der Waals surface area contributed by atoms with Crippen molar-refractivity contribution in [3.8, 4) is 0 Å². The molecule has 2 aliphatic heterocycles. The van der Waals surface area contributed by atoms with Gasteiger partial charge in [0.05, 0.1) is 13.2 Å². The fourth-order valence-corrected chi connectivity index (χ4v) is 4.97. The molecule has 1 saturated heterocycles. The summed E-state index contributed by atoms with van der Waals surface area (Å²) < 4.78 is 5.74. The third kappa shape index (κ3) is 5.42. The van der Waals surface area contributed by atoms with E-state index in [0.29, 0.717) is 49.2 Å². The van der Waals surface area contributed by atoms with E-state index >= 15 is 0 Å². The van der Waals surface area contributed by atoms with E-state index in [9.17, 15) is 14.4 Å². The first-order valence-corrected chi connectivity index (χ1v) is 12.1. The second kappa shape index (κ2) is 10.4. The number of nitrogens with one attached hydrogen (secondary N) is 1. The van der Waals surface area contributed by atoms with Crippen LogP contribution in [0, 0.1) is 0 Å². The summed E-state index contributed by atoms with van der Waals surface area (Å²) >= 11 is 0. The highest BCUT2D eigenvalue weighted by atomic mass is 16.5. The number of ether oxygens (including phenoxy) is 1. The van der Waals surface area contributed by atoms with Crippen LogP contribution < -0.4 is 5.32 Å². The van der Waals surface area contributed by atoms with Gasteiger partial charge in [0.25, 0.3) is 0 Å². The number of likely N-dealkylation sites (tertiary alicyclic amines) is 1. The molecule has 0 aromatic heterocycles. The average molecular weight is 472 g/mol. The molecule has 1 amide bonds. The van der Waals surface area contributed by atoms with Crippen LogP contribution in [-0.2, 0) is 14.3 Å². The normalized spacial score (nSPS) is 19.0. The maximum Gasteiger partial charge on any atom is 0.238 e. The van der Waals surface area contributed by atoms with Crippen LogP contribution in [-0.4, -0.2) is 66.3 Å². The van der Waals surface area contributed by atoms with E-state index in [1.807, 2.05) is 24.3 Å². The number of carbonyl (C=O) groups is 3. The molecule has 0 spiro atoms. The fourth-order valence-electron chi connectivity index (χ4n) is 4.97. The van der Waals surface area contributed by atoms with Gasteiger partial charge in [-0.3, -0.25) is 19.3 Å². The molecule has 0 bridgehead atoms. The average Bonchev–Trinajstić information content (AvgIpc) is 2.89. The van der Waals surface area contributed by atoms with Crippen LogP contribution in [0.3, 0.4) is 0 Å². The molecule has 5 rings (SSSR count). The SMILES string of the molecule is O=C1C=CC2=C(COCN2C2CCN(CC(=O)Nc3ccc(C(=O)c4ccccc4)cc3)CC2)C1. The first kappa shape index (κ1) is 23.2. The van der Waals surface area contributed by atoms with Crippen molar-refractivity contribution in [2.45, 2.75) is 25.3 Å². The van der Waals surface area contributed by atoms with Crippen molar-refractivity contribution in [1.29, 1.82) is 0 Å². The monoisotopic (exact) mass is 471 g/mol. The number of rotatable bonds is 6. The van der Waals surface area contributed by atoms with E-state index in [1.165, 1.54) is 0 Å². The summed E-state index contributed by atoms with van der Waals surface area (Å²) in [6, 6.07) is 16.5. The van der Waals surface area contributed by atoms with Gasteiger partial charge in [-0.2, -0.15) is 0 Å². The fraction of sp³-hybridized carbons (Fsp3) is 0.321. The molecular weight excluding hydrogens is 442 g/mol. The lowest BCUT2D eigenvalue weighted by Gasteiger charge is -2.43. The minimum absolute atomic E-state index is 0.0383. The van der Waals surface area contributed by atoms with Crippen LogP contribution >= 0.6 is 0 Å². The minimum atomic E-state index is -0.0642. The van der Waals surface area contributed by atoms with Gasteiger partial charge < -0.3 is 15.0 Å². The van der Waals surface area contributed by atoms with Crippen molar-refractivity contribution in [3.05, 3.63) is 89.1 Å². The van der Waals surface area contributed by atoms with Crippen LogP contribution in [0.4, 0.5) is 5.69 Å². The van der Waals surface area contributed by atoms with Gasteiger partial charge in [0.2, 0.25) is 5.91 Å². The first-order valence-electron chi connectivity index (χ1n) is 12.1. The van der Waals surface area contributed by atoms with Gasteiger partial charge in [0, 0.05) is 48.1 Å². The summed E-state index contributed by atoms with van der Waals surface area (Å²) in [5, 5.41) is 2.94. The molecule has 0 radical (unpaired) electrons. The Bertz CT molecular complexity index is 1160. The van der Waals surface area contributed by atoms with Gasteiger partial charge in [-0.25, -0.2) is 0 Å². The number of hydrogen-bond acceptors (Lipinski definition) is 6. The second-order valence-electron chi connectivity index (χ2n) is 9.24. The molecule has 180 valence electrons. The van der Waals surface area contributed by atoms with Crippen LogP contribution in [0.2, 0.25) is 0 Å². The van der Waals surface area contributed by atoms with Gasteiger partial charge in [-0.15, -0.1) is 0 Å². The molecule has 0 unspecified atom stereocenters. The number of nitrogens with zero attached hydrogens (tertiary/aromatic N) is 2. The molecule has 2 heterocycles. The van der Waals surface area contributed by atoms with Crippen molar-refractivity contribution >= 4 is 23.2 Å². The topological polar surface area (TPSA) is 79.0 Å². The number of piperidine rings is 1. The molecule has 1 fully saturated rings. The summed E-state index contributed by atoms with van der Waals surface area (Å²) in [7, 11) is 0. The minimum Gasteiger partial charge on any atom is -0.357 e.